The Kier molecular flexibility index (Phi) is 2.97. The monoisotopic (exact) mass is 231 g/mol. The van der Waals surface area contributed by atoms with Crippen LogP contribution in [0.5, 0.6) is 0 Å². The van der Waals surface area contributed by atoms with Crippen LogP contribution in [0.4, 0.5) is 20.3 Å². The predicted octanol–water partition coefficient (Wildman–Crippen LogP) is 2.98. The molecule has 17 heavy (non-hydrogen) atoms. The van der Waals surface area contributed by atoms with Crippen molar-refractivity contribution in [1.82, 2.24) is 4.98 Å². The fraction of sp³-hybridized carbons (Fsp3) is 0. The minimum atomic E-state index is -0.714. The molecule has 1 N–H and O–H groups in total. The number of aromatic nitrogens is 1. The SMILES string of the molecule is N#Cc1ccnc(Nc2c(F)cccc2F)c1. The predicted molar refractivity (Wildman–Crippen MR) is 58.6 cm³/mol. The van der Waals surface area contributed by atoms with E-state index < -0.39 is 11.6 Å². The smallest absolute Gasteiger partial charge is 0.149 e. The molecule has 1 aromatic carbocycles. The average Bonchev–Trinajstić information content (AvgIpc) is 2.34. The highest BCUT2D eigenvalue weighted by molar-refractivity contribution is 5.58. The lowest BCUT2D eigenvalue weighted by Crippen LogP contribution is -1.99. The van der Waals surface area contributed by atoms with Crippen LogP contribution in [0.25, 0.3) is 0 Å². The van der Waals surface area contributed by atoms with E-state index in [0.717, 1.165) is 12.1 Å². The molecule has 1 heterocycles. The third-order valence-electron chi connectivity index (χ3n) is 2.10. The van der Waals surface area contributed by atoms with Gasteiger partial charge in [-0.2, -0.15) is 5.26 Å². The number of hydrogen-bond donors (Lipinski definition) is 1. The zero-order valence-electron chi connectivity index (χ0n) is 8.61. The standard InChI is InChI=1S/C12H7F2N3/c13-9-2-1-3-10(14)12(9)17-11-6-8(7-15)4-5-16-11/h1-6H,(H,16,17). The second-order valence-electron chi connectivity index (χ2n) is 3.26. The van der Waals surface area contributed by atoms with Gasteiger partial charge in [0.25, 0.3) is 0 Å². The summed E-state index contributed by atoms with van der Waals surface area (Å²) in [6.07, 6.45) is 1.39. The first-order chi connectivity index (χ1) is 8.20. The molecule has 0 bridgehead atoms. The van der Waals surface area contributed by atoms with E-state index in [9.17, 15) is 8.78 Å². The van der Waals surface area contributed by atoms with Gasteiger partial charge < -0.3 is 5.32 Å². The zero-order valence-corrected chi connectivity index (χ0v) is 8.61. The van der Waals surface area contributed by atoms with Crippen LogP contribution in [0, 0.1) is 23.0 Å². The Morgan fingerprint density at radius 3 is 2.53 bits per heavy atom. The molecule has 84 valence electrons. The molecule has 0 amide bonds. The topological polar surface area (TPSA) is 48.7 Å². The number of nitriles is 1. The third kappa shape index (κ3) is 2.37. The molecule has 5 heteroatoms. The lowest BCUT2D eigenvalue weighted by molar-refractivity contribution is 0.590. The number of halogens is 2. The number of anilines is 2. The lowest BCUT2D eigenvalue weighted by Gasteiger charge is -2.07. The fourth-order valence-electron chi connectivity index (χ4n) is 1.31. The maximum absolute atomic E-state index is 13.3. The van der Waals surface area contributed by atoms with Crippen molar-refractivity contribution >= 4 is 11.5 Å². The van der Waals surface area contributed by atoms with Gasteiger partial charge in [0.15, 0.2) is 0 Å². The highest BCUT2D eigenvalue weighted by Gasteiger charge is 2.08. The van der Waals surface area contributed by atoms with Crippen molar-refractivity contribution in [3.05, 3.63) is 53.7 Å². The zero-order chi connectivity index (χ0) is 12.3. The van der Waals surface area contributed by atoms with E-state index >= 15 is 0 Å². The van der Waals surface area contributed by atoms with Gasteiger partial charge in [-0.05, 0) is 24.3 Å². The number of hydrogen-bond acceptors (Lipinski definition) is 3. The van der Waals surface area contributed by atoms with E-state index in [4.69, 9.17) is 5.26 Å². The van der Waals surface area contributed by atoms with Gasteiger partial charge in [0.2, 0.25) is 0 Å². The van der Waals surface area contributed by atoms with Crippen LogP contribution < -0.4 is 5.32 Å². The number of nitrogens with zero attached hydrogens (tertiary/aromatic N) is 2. The van der Waals surface area contributed by atoms with Crippen molar-refractivity contribution < 1.29 is 8.78 Å². The Bertz CT molecular complexity index is 570. The van der Waals surface area contributed by atoms with Crippen LogP contribution in [0.2, 0.25) is 0 Å². The highest BCUT2D eigenvalue weighted by Crippen LogP contribution is 2.22. The number of rotatable bonds is 2. The first-order valence-electron chi connectivity index (χ1n) is 4.78. The normalized spacial score (nSPS) is 9.71. The molecule has 0 aliphatic heterocycles. The molecule has 0 saturated heterocycles. The molecule has 0 atom stereocenters. The summed E-state index contributed by atoms with van der Waals surface area (Å²) in [5.74, 6) is -1.21. The largest absolute Gasteiger partial charge is 0.335 e. The van der Waals surface area contributed by atoms with E-state index in [-0.39, 0.29) is 11.5 Å². The minimum Gasteiger partial charge on any atom is -0.335 e. The summed E-state index contributed by atoms with van der Waals surface area (Å²) in [4.78, 5) is 3.87. The Balaban J connectivity index is 2.35. The molecule has 0 spiro atoms. The number of nitrogens with one attached hydrogen (secondary N) is 1. The average molecular weight is 231 g/mol. The van der Waals surface area contributed by atoms with E-state index in [2.05, 4.69) is 10.3 Å². The van der Waals surface area contributed by atoms with E-state index in [0.29, 0.717) is 5.56 Å². The van der Waals surface area contributed by atoms with Gasteiger partial charge in [-0.25, -0.2) is 13.8 Å². The molecular formula is C12H7F2N3. The summed E-state index contributed by atoms with van der Waals surface area (Å²) in [6.45, 7) is 0. The van der Waals surface area contributed by atoms with Gasteiger partial charge in [0.1, 0.15) is 23.1 Å². The second-order valence-corrected chi connectivity index (χ2v) is 3.26. The fourth-order valence-corrected chi connectivity index (χ4v) is 1.31. The Morgan fingerprint density at radius 1 is 1.18 bits per heavy atom. The van der Waals surface area contributed by atoms with Gasteiger partial charge >= 0.3 is 0 Å². The summed E-state index contributed by atoms with van der Waals surface area (Å²) in [5, 5.41) is 11.2. The van der Waals surface area contributed by atoms with Crippen LogP contribution in [-0.2, 0) is 0 Å². The molecule has 0 aliphatic rings. The maximum atomic E-state index is 13.3. The van der Waals surface area contributed by atoms with Gasteiger partial charge in [-0.1, -0.05) is 6.07 Å². The van der Waals surface area contributed by atoms with Crippen molar-refractivity contribution in [1.29, 1.82) is 5.26 Å². The number of benzene rings is 1. The first-order valence-corrected chi connectivity index (χ1v) is 4.78. The molecule has 0 saturated carbocycles. The van der Waals surface area contributed by atoms with Crippen LogP contribution in [0.3, 0.4) is 0 Å². The van der Waals surface area contributed by atoms with Crippen LogP contribution >= 0.6 is 0 Å². The van der Waals surface area contributed by atoms with Crippen molar-refractivity contribution in [2.75, 3.05) is 5.32 Å². The third-order valence-corrected chi connectivity index (χ3v) is 2.10. The van der Waals surface area contributed by atoms with Gasteiger partial charge in [0.05, 0.1) is 11.6 Å². The molecule has 3 nitrogen and oxygen atoms in total. The molecule has 0 aliphatic carbocycles. The molecule has 2 rings (SSSR count). The summed E-state index contributed by atoms with van der Waals surface area (Å²) >= 11 is 0. The quantitative estimate of drug-likeness (QED) is 0.864. The molecular weight excluding hydrogens is 224 g/mol. The number of para-hydroxylation sites is 1. The molecule has 0 fully saturated rings. The Hall–Kier alpha value is -2.48. The van der Waals surface area contributed by atoms with Crippen LogP contribution in [0.15, 0.2) is 36.5 Å². The van der Waals surface area contributed by atoms with Crippen molar-refractivity contribution in [3.8, 4) is 6.07 Å². The molecule has 2 aromatic rings. The Labute approximate surface area is 96.3 Å². The van der Waals surface area contributed by atoms with Crippen molar-refractivity contribution in [2.45, 2.75) is 0 Å². The van der Waals surface area contributed by atoms with E-state index in [1.807, 2.05) is 6.07 Å². The number of pyridine rings is 1. The van der Waals surface area contributed by atoms with E-state index in [1.165, 1.54) is 24.4 Å². The molecule has 0 radical (unpaired) electrons. The Morgan fingerprint density at radius 2 is 1.88 bits per heavy atom. The van der Waals surface area contributed by atoms with E-state index in [1.54, 1.807) is 0 Å². The summed E-state index contributed by atoms with van der Waals surface area (Å²) in [7, 11) is 0. The van der Waals surface area contributed by atoms with Crippen LogP contribution in [-0.4, -0.2) is 4.98 Å². The van der Waals surface area contributed by atoms with Gasteiger partial charge in [-0.15, -0.1) is 0 Å². The summed E-state index contributed by atoms with van der Waals surface area (Å²) in [6, 6.07) is 8.38. The first kappa shape index (κ1) is 11.0. The molecule has 1 aromatic heterocycles. The maximum Gasteiger partial charge on any atom is 0.149 e. The highest BCUT2D eigenvalue weighted by atomic mass is 19.1. The van der Waals surface area contributed by atoms with Crippen molar-refractivity contribution in [3.63, 3.8) is 0 Å². The van der Waals surface area contributed by atoms with Gasteiger partial charge in [-0.3, -0.25) is 0 Å². The minimum absolute atomic E-state index is 0.216. The van der Waals surface area contributed by atoms with Crippen LogP contribution in [0.1, 0.15) is 5.56 Å². The molecule has 0 unspecified atom stereocenters. The van der Waals surface area contributed by atoms with Gasteiger partial charge in [0, 0.05) is 6.20 Å². The lowest BCUT2D eigenvalue weighted by atomic mass is 10.2. The second kappa shape index (κ2) is 4.58. The summed E-state index contributed by atoms with van der Waals surface area (Å²) in [5.41, 5.74) is 0.0781. The summed E-state index contributed by atoms with van der Waals surface area (Å²) < 4.78 is 26.6. The van der Waals surface area contributed by atoms with Crippen molar-refractivity contribution in [2.24, 2.45) is 0 Å².